The van der Waals surface area contributed by atoms with Crippen LogP contribution >= 0.6 is 0 Å². The van der Waals surface area contributed by atoms with Crippen molar-refractivity contribution in [3.05, 3.63) is 17.5 Å². The highest BCUT2D eigenvalue weighted by Crippen LogP contribution is 2.05. The molecule has 1 aromatic heterocycles. The number of aryl methyl sites for hydroxylation is 1. The highest BCUT2D eigenvalue weighted by Gasteiger charge is 2.05. The van der Waals surface area contributed by atoms with Gasteiger partial charge in [-0.3, -0.25) is 0 Å². The molecule has 0 saturated carbocycles. The van der Waals surface area contributed by atoms with Gasteiger partial charge in [-0.25, -0.2) is 0 Å². The van der Waals surface area contributed by atoms with Gasteiger partial charge in [-0.1, -0.05) is 12.1 Å². The van der Waals surface area contributed by atoms with Crippen molar-refractivity contribution in [2.45, 2.75) is 32.7 Å². The number of hydrogen-bond donors (Lipinski definition) is 1. The third-order valence-electron chi connectivity index (χ3n) is 1.66. The summed E-state index contributed by atoms with van der Waals surface area (Å²) in [6, 6.07) is 2.12. The second kappa shape index (κ2) is 3.53. The molecule has 2 N–H and O–H groups in total. The van der Waals surface area contributed by atoms with Crippen LogP contribution in [-0.2, 0) is 6.42 Å². The van der Waals surface area contributed by atoms with Crippen LogP contribution in [0, 0.1) is 6.92 Å². The van der Waals surface area contributed by atoms with Gasteiger partial charge in [0.15, 0.2) is 0 Å². The van der Waals surface area contributed by atoms with Crippen LogP contribution < -0.4 is 5.73 Å². The lowest BCUT2D eigenvalue weighted by molar-refractivity contribution is 0.369. The third-order valence-corrected chi connectivity index (χ3v) is 1.66. The third kappa shape index (κ3) is 2.35. The van der Waals surface area contributed by atoms with Crippen LogP contribution in [0.2, 0.25) is 0 Å². The maximum Gasteiger partial charge on any atom is 0.138 e. The largest absolute Gasteiger partial charge is 0.361 e. The number of hydrogen-bond acceptors (Lipinski definition) is 3. The fourth-order valence-electron chi connectivity index (χ4n) is 0.915. The van der Waals surface area contributed by atoms with Crippen molar-refractivity contribution in [2.24, 2.45) is 5.73 Å². The topological polar surface area (TPSA) is 52.0 Å². The highest BCUT2D eigenvalue weighted by atomic mass is 16.5. The monoisotopic (exact) mass is 154 g/mol. The molecular weight excluding hydrogens is 140 g/mol. The van der Waals surface area contributed by atoms with E-state index in [9.17, 15) is 0 Å². The Morgan fingerprint density at radius 1 is 1.73 bits per heavy atom. The number of nitrogens with two attached hydrogens (primary N) is 1. The second-order valence-corrected chi connectivity index (χ2v) is 2.81. The molecule has 62 valence electrons. The summed E-state index contributed by atoms with van der Waals surface area (Å²) in [5.41, 5.74) is 6.65. The number of rotatable bonds is 3. The summed E-state index contributed by atoms with van der Waals surface area (Å²) >= 11 is 0. The lowest BCUT2D eigenvalue weighted by Crippen LogP contribution is -2.20. The first-order valence-electron chi connectivity index (χ1n) is 3.90. The zero-order valence-electron chi connectivity index (χ0n) is 7.00. The maximum atomic E-state index is 5.73. The van der Waals surface area contributed by atoms with E-state index in [1.165, 1.54) is 0 Å². The smallest absolute Gasteiger partial charge is 0.138 e. The maximum absolute atomic E-state index is 5.73. The quantitative estimate of drug-likeness (QED) is 0.713. The summed E-state index contributed by atoms with van der Waals surface area (Å²) in [6.07, 6.45) is 1.76. The van der Waals surface area contributed by atoms with E-state index in [1.807, 2.05) is 13.0 Å². The molecule has 0 aliphatic carbocycles. The van der Waals surface area contributed by atoms with Crippen LogP contribution in [0.3, 0.4) is 0 Å². The highest BCUT2D eigenvalue weighted by molar-refractivity contribution is 5.04. The van der Waals surface area contributed by atoms with Gasteiger partial charge >= 0.3 is 0 Å². The van der Waals surface area contributed by atoms with Crippen molar-refractivity contribution in [1.29, 1.82) is 0 Å². The minimum atomic E-state index is 0.197. The summed E-state index contributed by atoms with van der Waals surface area (Å²) in [5.74, 6) is 0.886. The molecule has 1 aromatic rings. The number of aromatic nitrogens is 1. The molecule has 11 heavy (non-hydrogen) atoms. The predicted octanol–water partition coefficient (Wildman–Crippen LogP) is 1.26. The van der Waals surface area contributed by atoms with Gasteiger partial charge in [0.05, 0.1) is 5.69 Å². The summed E-state index contributed by atoms with van der Waals surface area (Å²) in [4.78, 5) is 0. The average Bonchev–Trinajstić information content (AvgIpc) is 2.35. The Morgan fingerprint density at radius 3 is 2.91 bits per heavy atom. The molecule has 1 rings (SSSR count). The minimum Gasteiger partial charge on any atom is -0.361 e. The molecule has 0 bridgehead atoms. The summed E-state index contributed by atoms with van der Waals surface area (Å²) in [7, 11) is 0. The molecule has 1 atom stereocenters. The molecule has 0 amide bonds. The Kier molecular flexibility index (Phi) is 2.65. The van der Waals surface area contributed by atoms with Crippen LogP contribution in [0.25, 0.3) is 0 Å². The zero-order valence-corrected chi connectivity index (χ0v) is 7.00. The SMILES string of the molecule is CCC(N)Cc1cc(C)no1. The Labute approximate surface area is 66.6 Å². The summed E-state index contributed by atoms with van der Waals surface area (Å²) < 4.78 is 5.01. The molecule has 3 heteroatoms. The van der Waals surface area contributed by atoms with Crippen molar-refractivity contribution >= 4 is 0 Å². The molecule has 0 radical (unpaired) electrons. The van der Waals surface area contributed by atoms with Crippen LogP contribution in [0.5, 0.6) is 0 Å². The van der Waals surface area contributed by atoms with E-state index in [4.69, 9.17) is 10.3 Å². The Hall–Kier alpha value is -0.830. The van der Waals surface area contributed by atoms with Crippen molar-refractivity contribution in [1.82, 2.24) is 5.16 Å². The predicted molar refractivity (Wildman–Crippen MR) is 43.2 cm³/mol. The standard InChI is InChI=1S/C8H14N2O/c1-3-7(9)5-8-4-6(2)10-11-8/h4,7H,3,5,9H2,1-2H3. The normalized spacial score (nSPS) is 13.4. The van der Waals surface area contributed by atoms with Gasteiger partial charge < -0.3 is 10.3 Å². The van der Waals surface area contributed by atoms with Gasteiger partial charge in [0.25, 0.3) is 0 Å². The molecule has 0 aliphatic rings. The fourth-order valence-corrected chi connectivity index (χ4v) is 0.915. The van der Waals surface area contributed by atoms with E-state index in [0.717, 1.165) is 24.3 Å². The molecule has 3 nitrogen and oxygen atoms in total. The van der Waals surface area contributed by atoms with Gasteiger partial charge in [-0.15, -0.1) is 0 Å². The Balaban J connectivity index is 2.50. The average molecular weight is 154 g/mol. The van der Waals surface area contributed by atoms with Crippen molar-refractivity contribution in [3.63, 3.8) is 0 Å². The fraction of sp³-hybridized carbons (Fsp3) is 0.625. The van der Waals surface area contributed by atoms with Crippen molar-refractivity contribution < 1.29 is 4.52 Å². The minimum absolute atomic E-state index is 0.197. The van der Waals surface area contributed by atoms with Crippen LogP contribution in [0.4, 0.5) is 0 Å². The Morgan fingerprint density at radius 2 is 2.45 bits per heavy atom. The first-order valence-corrected chi connectivity index (χ1v) is 3.90. The van der Waals surface area contributed by atoms with Gasteiger partial charge in [-0.2, -0.15) is 0 Å². The molecule has 1 unspecified atom stereocenters. The van der Waals surface area contributed by atoms with Gasteiger partial charge in [0, 0.05) is 18.5 Å². The van der Waals surface area contributed by atoms with Gasteiger partial charge in [-0.05, 0) is 13.3 Å². The first-order chi connectivity index (χ1) is 5.22. The van der Waals surface area contributed by atoms with Gasteiger partial charge in [0.1, 0.15) is 5.76 Å². The van der Waals surface area contributed by atoms with E-state index in [1.54, 1.807) is 0 Å². The van der Waals surface area contributed by atoms with E-state index in [0.29, 0.717) is 0 Å². The van der Waals surface area contributed by atoms with Crippen LogP contribution in [0.15, 0.2) is 10.6 Å². The lowest BCUT2D eigenvalue weighted by Gasteiger charge is -2.03. The van der Waals surface area contributed by atoms with E-state index in [2.05, 4.69) is 12.1 Å². The molecule has 0 saturated heterocycles. The molecule has 0 spiro atoms. The van der Waals surface area contributed by atoms with E-state index in [-0.39, 0.29) is 6.04 Å². The van der Waals surface area contributed by atoms with E-state index < -0.39 is 0 Å². The van der Waals surface area contributed by atoms with Crippen molar-refractivity contribution in [3.8, 4) is 0 Å². The number of nitrogens with zero attached hydrogens (tertiary/aromatic N) is 1. The van der Waals surface area contributed by atoms with Crippen LogP contribution in [0.1, 0.15) is 24.8 Å². The Bertz CT molecular complexity index is 220. The van der Waals surface area contributed by atoms with Gasteiger partial charge in [0.2, 0.25) is 0 Å². The second-order valence-electron chi connectivity index (χ2n) is 2.81. The first kappa shape index (κ1) is 8.27. The summed E-state index contributed by atoms with van der Waals surface area (Å²) in [6.45, 7) is 3.97. The lowest BCUT2D eigenvalue weighted by atomic mass is 10.1. The van der Waals surface area contributed by atoms with E-state index >= 15 is 0 Å². The van der Waals surface area contributed by atoms with Crippen LogP contribution in [-0.4, -0.2) is 11.2 Å². The summed E-state index contributed by atoms with van der Waals surface area (Å²) in [5, 5.41) is 3.77. The molecule has 0 aliphatic heterocycles. The molecule has 1 heterocycles. The van der Waals surface area contributed by atoms with Crippen molar-refractivity contribution in [2.75, 3.05) is 0 Å². The zero-order chi connectivity index (χ0) is 8.27. The molecular formula is C8H14N2O. The molecule has 0 aromatic carbocycles. The molecule has 0 fully saturated rings.